The average molecular weight is 372 g/mol. The van der Waals surface area contributed by atoms with Crippen molar-refractivity contribution >= 4 is 11.9 Å². The molecule has 1 saturated heterocycles. The second kappa shape index (κ2) is 9.74. The van der Waals surface area contributed by atoms with Crippen molar-refractivity contribution in [3.8, 4) is 0 Å². The van der Waals surface area contributed by atoms with Gasteiger partial charge in [0.05, 0.1) is 0 Å². The Morgan fingerprint density at radius 2 is 2.11 bits per heavy atom. The Labute approximate surface area is 162 Å². The first kappa shape index (κ1) is 19.7. The molecule has 1 aromatic rings. The predicted octanol–water partition coefficient (Wildman–Crippen LogP) is 1.60. The van der Waals surface area contributed by atoms with Gasteiger partial charge in [0.2, 0.25) is 5.91 Å². The first-order chi connectivity index (χ1) is 13.2. The lowest BCUT2D eigenvalue weighted by atomic mass is 9.95. The van der Waals surface area contributed by atoms with E-state index in [1.54, 1.807) is 0 Å². The van der Waals surface area contributed by atoms with E-state index in [0.717, 1.165) is 70.9 Å². The normalized spacial score (nSPS) is 21.0. The van der Waals surface area contributed by atoms with Crippen LogP contribution in [-0.4, -0.2) is 61.4 Å². The molecule has 1 unspecified atom stereocenters. The number of primary amides is 1. The van der Waals surface area contributed by atoms with Gasteiger partial charge in [0.15, 0.2) is 5.96 Å². The standard InChI is InChI=1S/C21H33N5O/c1-23-21(26-12-4-6-17(15-26)14-20(22)27)24-10-5-11-25-13-9-18-7-2-3-8-19(18)16-25/h2-3,7-8,17H,4-6,9-16H2,1H3,(H2,22,27)(H,23,24). The van der Waals surface area contributed by atoms with E-state index in [1.807, 2.05) is 7.05 Å². The number of guanidine groups is 1. The van der Waals surface area contributed by atoms with Crippen molar-refractivity contribution in [1.82, 2.24) is 15.1 Å². The van der Waals surface area contributed by atoms with Gasteiger partial charge in [-0.15, -0.1) is 0 Å². The molecule has 2 aliphatic heterocycles. The summed E-state index contributed by atoms with van der Waals surface area (Å²) in [7, 11) is 1.83. The Kier molecular flexibility index (Phi) is 7.10. The van der Waals surface area contributed by atoms with E-state index < -0.39 is 0 Å². The summed E-state index contributed by atoms with van der Waals surface area (Å²) in [6.45, 7) is 6.09. The molecular formula is C21H33N5O. The van der Waals surface area contributed by atoms with Gasteiger partial charge in [-0.25, -0.2) is 0 Å². The molecule has 0 saturated carbocycles. The highest BCUT2D eigenvalue weighted by molar-refractivity contribution is 5.80. The molecule has 148 valence electrons. The minimum Gasteiger partial charge on any atom is -0.370 e. The van der Waals surface area contributed by atoms with Crippen molar-refractivity contribution in [2.45, 2.75) is 38.6 Å². The van der Waals surface area contributed by atoms with E-state index in [-0.39, 0.29) is 5.91 Å². The number of nitrogens with one attached hydrogen (secondary N) is 1. The van der Waals surface area contributed by atoms with Gasteiger partial charge in [-0.2, -0.15) is 0 Å². The number of nitrogens with zero attached hydrogens (tertiary/aromatic N) is 3. The van der Waals surface area contributed by atoms with Crippen LogP contribution in [-0.2, 0) is 17.8 Å². The van der Waals surface area contributed by atoms with Gasteiger partial charge < -0.3 is 16.0 Å². The van der Waals surface area contributed by atoms with Crippen LogP contribution in [0.4, 0.5) is 0 Å². The highest BCUT2D eigenvalue weighted by Crippen LogP contribution is 2.20. The van der Waals surface area contributed by atoms with E-state index >= 15 is 0 Å². The summed E-state index contributed by atoms with van der Waals surface area (Å²) >= 11 is 0. The topological polar surface area (TPSA) is 74.0 Å². The average Bonchev–Trinajstić information content (AvgIpc) is 2.67. The third kappa shape index (κ3) is 5.70. The minimum atomic E-state index is -0.201. The highest BCUT2D eigenvalue weighted by atomic mass is 16.1. The number of benzene rings is 1. The van der Waals surface area contributed by atoms with Crippen molar-refractivity contribution < 1.29 is 4.79 Å². The number of hydrogen-bond donors (Lipinski definition) is 2. The summed E-state index contributed by atoms with van der Waals surface area (Å²) in [6.07, 6.45) is 4.89. The first-order valence-electron chi connectivity index (χ1n) is 10.2. The van der Waals surface area contributed by atoms with Gasteiger partial charge in [-0.3, -0.25) is 14.7 Å². The highest BCUT2D eigenvalue weighted by Gasteiger charge is 2.23. The van der Waals surface area contributed by atoms with E-state index in [2.05, 4.69) is 44.4 Å². The van der Waals surface area contributed by atoms with E-state index in [4.69, 9.17) is 5.73 Å². The zero-order valence-corrected chi connectivity index (χ0v) is 16.5. The first-order valence-corrected chi connectivity index (χ1v) is 10.2. The van der Waals surface area contributed by atoms with Crippen molar-refractivity contribution in [2.24, 2.45) is 16.6 Å². The second-order valence-corrected chi connectivity index (χ2v) is 7.75. The molecule has 0 bridgehead atoms. The van der Waals surface area contributed by atoms with Crippen LogP contribution in [0.15, 0.2) is 29.3 Å². The molecule has 1 atom stereocenters. The number of carbonyl (C=O) groups excluding carboxylic acids is 1. The summed E-state index contributed by atoms with van der Waals surface area (Å²) in [5, 5.41) is 3.50. The molecule has 1 aromatic carbocycles. The molecule has 3 rings (SSSR count). The zero-order valence-electron chi connectivity index (χ0n) is 16.5. The van der Waals surface area contributed by atoms with Crippen LogP contribution in [0.25, 0.3) is 0 Å². The summed E-state index contributed by atoms with van der Waals surface area (Å²) < 4.78 is 0. The number of amides is 1. The van der Waals surface area contributed by atoms with Gasteiger partial charge in [0.25, 0.3) is 0 Å². The maximum Gasteiger partial charge on any atom is 0.217 e. The van der Waals surface area contributed by atoms with Gasteiger partial charge in [0, 0.05) is 52.7 Å². The van der Waals surface area contributed by atoms with Crippen molar-refractivity contribution in [3.63, 3.8) is 0 Å². The molecule has 2 aliphatic rings. The molecule has 2 heterocycles. The largest absolute Gasteiger partial charge is 0.370 e. The predicted molar refractivity (Wildman–Crippen MR) is 110 cm³/mol. The third-order valence-electron chi connectivity index (χ3n) is 5.66. The number of carbonyl (C=O) groups is 1. The van der Waals surface area contributed by atoms with Crippen LogP contribution in [0.3, 0.4) is 0 Å². The van der Waals surface area contributed by atoms with Gasteiger partial charge in [0.1, 0.15) is 0 Å². The fraction of sp³-hybridized carbons (Fsp3) is 0.619. The number of likely N-dealkylation sites (tertiary alicyclic amines) is 1. The van der Waals surface area contributed by atoms with E-state index in [0.29, 0.717) is 12.3 Å². The molecule has 6 nitrogen and oxygen atoms in total. The van der Waals surface area contributed by atoms with Crippen LogP contribution in [0.2, 0.25) is 0 Å². The number of aliphatic imine (C=N–C) groups is 1. The second-order valence-electron chi connectivity index (χ2n) is 7.75. The Morgan fingerprint density at radius 3 is 2.89 bits per heavy atom. The Morgan fingerprint density at radius 1 is 1.30 bits per heavy atom. The molecule has 0 radical (unpaired) electrons. The quantitative estimate of drug-likeness (QED) is 0.453. The lowest BCUT2D eigenvalue weighted by Crippen LogP contribution is -2.47. The number of nitrogens with two attached hydrogens (primary N) is 1. The van der Waals surface area contributed by atoms with Crippen molar-refractivity contribution in [1.29, 1.82) is 0 Å². The van der Waals surface area contributed by atoms with Crippen LogP contribution < -0.4 is 11.1 Å². The minimum absolute atomic E-state index is 0.201. The maximum atomic E-state index is 11.2. The smallest absolute Gasteiger partial charge is 0.217 e. The molecule has 1 amide bonds. The zero-order chi connectivity index (χ0) is 19.1. The summed E-state index contributed by atoms with van der Waals surface area (Å²) in [5.41, 5.74) is 8.34. The van der Waals surface area contributed by atoms with Gasteiger partial charge in [-0.1, -0.05) is 24.3 Å². The Bertz CT molecular complexity index is 660. The summed E-state index contributed by atoms with van der Waals surface area (Å²) in [4.78, 5) is 20.5. The Hall–Kier alpha value is -2.08. The summed E-state index contributed by atoms with van der Waals surface area (Å²) in [6, 6.07) is 8.78. The fourth-order valence-electron chi connectivity index (χ4n) is 4.29. The lowest BCUT2D eigenvalue weighted by Gasteiger charge is -2.35. The molecule has 0 spiro atoms. The lowest BCUT2D eigenvalue weighted by molar-refractivity contribution is -0.119. The number of fused-ring (bicyclic) bond motifs is 1. The van der Waals surface area contributed by atoms with Crippen LogP contribution >= 0.6 is 0 Å². The molecule has 3 N–H and O–H groups in total. The SMILES string of the molecule is CN=C(NCCCN1CCc2ccccc2C1)N1CCCC(CC(N)=O)C1. The molecule has 6 heteroatoms. The van der Waals surface area contributed by atoms with Gasteiger partial charge in [-0.05, 0) is 42.7 Å². The van der Waals surface area contributed by atoms with Crippen LogP contribution in [0.1, 0.15) is 36.8 Å². The maximum absolute atomic E-state index is 11.2. The Balaban J connectivity index is 1.39. The number of piperidine rings is 1. The molecular weight excluding hydrogens is 338 g/mol. The van der Waals surface area contributed by atoms with Crippen molar-refractivity contribution in [3.05, 3.63) is 35.4 Å². The van der Waals surface area contributed by atoms with Gasteiger partial charge >= 0.3 is 0 Å². The van der Waals surface area contributed by atoms with Crippen LogP contribution in [0, 0.1) is 5.92 Å². The molecule has 1 fully saturated rings. The molecule has 0 aliphatic carbocycles. The van der Waals surface area contributed by atoms with Crippen molar-refractivity contribution in [2.75, 3.05) is 39.8 Å². The fourth-order valence-corrected chi connectivity index (χ4v) is 4.29. The van der Waals surface area contributed by atoms with Crippen LogP contribution in [0.5, 0.6) is 0 Å². The monoisotopic (exact) mass is 371 g/mol. The summed E-state index contributed by atoms with van der Waals surface area (Å²) in [5.74, 6) is 1.10. The molecule has 27 heavy (non-hydrogen) atoms. The van der Waals surface area contributed by atoms with E-state index in [1.165, 1.54) is 11.1 Å². The number of hydrogen-bond acceptors (Lipinski definition) is 3. The third-order valence-corrected chi connectivity index (χ3v) is 5.66. The number of rotatable bonds is 6. The molecule has 0 aromatic heterocycles. The van der Waals surface area contributed by atoms with E-state index in [9.17, 15) is 4.79 Å².